The number of aliphatic hydroxyl groups excluding tert-OH is 1. The van der Waals surface area contributed by atoms with Crippen molar-refractivity contribution in [2.45, 2.75) is 38.7 Å². The van der Waals surface area contributed by atoms with Crippen LogP contribution in [-0.2, 0) is 5.41 Å². The van der Waals surface area contributed by atoms with E-state index in [2.05, 4.69) is 11.8 Å². The highest BCUT2D eigenvalue weighted by Crippen LogP contribution is 2.28. The van der Waals surface area contributed by atoms with Gasteiger partial charge in [0.2, 0.25) is 0 Å². The molecule has 2 heteroatoms. The molecule has 1 aromatic rings. The molecule has 1 nitrogen and oxygen atoms in total. The molecule has 0 fully saturated rings. The molecule has 0 aliphatic rings. The second-order valence-corrected chi connectivity index (χ2v) is 4.38. The van der Waals surface area contributed by atoms with Crippen LogP contribution in [0.4, 0.5) is 4.39 Å². The molecule has 1 aromatic carbocycles. The van der Waals surface area contributed by atoms with Crippen molar-refractivity contribution >= 4 is 0 Å². The molecule has 0 amide bonds. The average Bonchev–Trinajstić information content (AvgIpc) is 2.26. The highest BCUT2D eigenvalue weighted by molar-refractivity contribution is 5.26. The predicted octanol–water partition coefficient (Wildman–Crippen LogP) is 2.88. The molecule has 0 aliphatic carbocycles. The molecule has 0 saturated heterocycles. The monoisotopic (exact) mass is 220 g/mol. The number of rotatable bonds is 3. The van der Waals surface area contributed by atoms with E-state index in [-0.39, 0.29) is 5.82 Å². The van der Waals surface area contributed by atoms with Crippen LogP contribution in [0, 0.1) is 17.7 Å². The van der Waals surface area contributed by atoms with E-state index in [9.17, 15) is 9.50 Å². The normalized spacial score (nSPS) is 12.8. The minimum atomic E-state index is -0.551. The van der Waals surface area contributed by atoms with Gasteiger partial charge in [-0.15, -0.1) is 11.8 Å². The third-order valence-electron chi connectivity index (χ3n) is 2.89. The molecule has 1 atom stereocenters. The number of hydrogen-bond donors (Lipinski definition) is 1. The molecule has 0 heterocycles. The van der Waals surface area contributed by atoms with E-state index in [4.69, 9.17) is 0 Å². The van der Waals surface area contributed by atoms with Gasteiger partial charge >= 0.3 is 0 Å². The zero-order chi connectivity index (χ0) is 12.2. The lowest BCUT2D eigenvalue weighted by Crippen LogP contribution is -2.33. The first-order chi connectivity index (χ1) is 7.48. The molecular weight excluding hydrogens is 203 g/mol. The number of aliphatic hydroxyl groups is 1. The van der Waals surface area contributed by atoms with Gasteiger partial charge in [-0.2, -0.15) is 0 Å². The van der Waals surface area contributed by atoms with Crippen molar-refractivity contribution in [3.8, 4) is 11.8 Å². The first-order valence-electron chi connectivity index (χ1n) is 5.32. The Bertz CT molecular complexity index is 395. The first kappa shape index (κ1) is 12.7. The molecule has 0 saturated carbocycles. The molecular formula is C14H17FO. The largest absolute Gasteiger partial charge is 0.391 e. The van der Waals surface area contributed by atoms with Gasteiger partial charge in [-0.3, -0.25) is 0 Å². The minimum absolute atomic E-state index is 0.262. The third-order valence-corrected chi connectivity index (χ3v) is 2.89. The zero-order valence-electron chi connectivity index (χ0n) is 9.92. The van der Waals surface area contributed by atoms with Crippen molar-refractivity contribution in [1.82, 2.24) is 0 Å². The third kappa shape index (κ3) is 2.84. The Morgan fingerprint density at radius 1 is 1.31 bits per heavy atom. The van der Waals surface area contributed by atoms with E-state index in [0.717, 1.165) is 5.56 Å². The molecule has 16 heavy (non-hydrogen) atoms. The summed E-state index contributed by atoms with van der Waals surface area (Å²) < 4.78 is 12.8. The lowest BCUT2D eigenvalue weighted by molar-refractivity contribution is 0.105. The van der Waals surface area contributed by atoms with E-state index in [1.54, 1.807) is 19.1 Å². The van der Waals surface area contributed by atoms with Crippen LogP contribution in [0.1, 0.15) is 32.8 Å². The fourth-order valence-corrected chi connectivity index (χ4v) is 1.53. The second-order valence-electron chi connectivity index (χ2n) is 4.38. The van der Waals surface area contributed by atoms with E-state index in [1.165, 1.54) is 12.1 Å². The maximum absolute atomic E-state index is 12.8. The fourth-order valence-electron chi connectivity index (χ4n) is 1.53. The van der Waals surface area contributed by atoms with E-state index in [0.29, 0.717) is 6.42 Å². The topological polar surface area (TPSA) is 20.2 Å². The van der Waals surface area contributed by atoms with Crippen LogP contribution in [0.15, 0.2) is 24.3 Å². The van der Waals surface area contributed by atoms with Crippen LogP contribution in [0.25, 0.3) is 0 Å². The SMILES string of the molecule is CC#CCC(O)C(C)(C)c1ccc(F)cc1. The Labute approximate surface area is 96.3 Å². The van der Waals surface area contributed by atoms with Crippen LogP contribution in [0.2, 0.25) is 0 Å². The lowest BCUT2D eigenvalue weighted by Gasteiger charge is -2.30. The van der Waals surface area contributed by atoms with Gasteiger partial charge in [0.15, 0.2) is 0 Å². The van der Waals surface area contributed by atoms with Gasteiger partial charge in [0.05, 0.1) is 6.10 Å². The Hall–Kier alpha value is -1.33. The standard InChI is InChI=1S/C14H17FO/c1-4-5-6-13(16)14(2,3)11-7-9-12(15)10-8-11/h7-10,13,16H,6H2,1-3H3. The highest BCUT2D eigenvalue weighted by Gasteiger charge is 2.29. The maximum Gasteiger partial charge on any atom is 0.123 e. The Balaban J connectivity index is 2.90. The Morgan fingerprint density at radius 3 is 2.38 bits per heavy atom. The van der Waals surface area contributed by atoms with Gasteiger partial charge < -0.3 is 5.11 Å². The summed E-state index contributed by atoms with van der Waals surface area (Å²) in [7, 11) is 0. The van der Waals surface area contributed by atoms with Crippen molar-refractivity contribution in [3.05, 3.63) is 35.6 Å². The smallest absolute Gasteiger partial charge is 0.123 e. The number of halogens is 1. The van der Waals surface area contributed by atoms with Crippen LogP contribution in [-0.4, -0.2) is 11.2 Å². The van der Waals surface area contributed by atoms with E-state index >= 15 is 0 Å². The van der Waals surface area contributed by atoms with Crippen LogP contribution >= 0.6 is 0 Å². The lowest BCUT2D eigenvalue weighted by atomic mass is 9.78. The quantitative estimate of drug-likeness (QED) is 0.777. The van der Waals surface area contributed by atoms with Gasteiger partial charge in [0.1, 0.15) is 5.82 Å². The summed E-state index contributed by atoms with van der Waals surface area (Å²) in [4.78, 5) is 0. The summed E-state index contributed by atoms with van der Waals surface area (Å²) in [6.45, 7) is 5.61. The van der Waals surface area contributed by atoms with Gasteiger partial charge in [-0.1, -0.05) is 26.0 Å². The maximum atomic E-state index is 12.8. The first-order valence-corrected chi connectivity index (χ1v) is 5.32. The Kier molecular flexibility index (Phi) is 4.09. The van der Waals surface area contributed by atoms with E-state index in [1.807, 2.05) is 13.8 Å². The van der Waals surface area contributed by atoms with Crippen molar-refractivity contribution in [2.24, 2.45) is 0 Å². The van der Waals surface area contributed by atoms with Gasteiger partial charge in [0.25, 0.3) is 0 Å². The van der Waals surface area contributed by atoms with Crippen molar-refractivity contribution in [3.63, 3.8) is 0 Å². The predicted molar refractivity (Wildman–Crippen MR) is 63.5 cm³/mol. The van der Waals surface area contributed by atoms with Crippen molar-refractivity contribution < 1.29 is 9.50 Å². The molecule has 0 spiro atoms. The zero-order valence-corrected chi connectivity index (χ0v) is 9.92. The van der Waals surface area contributed by atoms with Crippen LogP contribution in [0.3, 0.4) is 0 Å². The molecule has 0 bridgehead atoms. The van der Waals surface area contributed by atoms with Crippen LogP contribution < -0.4 is 0 Å². The number of benzene rings is 1. The highest BCUT2D eigenvalue weighted by atomic mass is 19.1. The summed E-state index contributed by atoms with van der Waals surface area (Å²) in [6, 6.07) is 6.24. The summed E-state index contributed by atoms with van der Waals surface area (Å²) in [5.41, 5.74) is 0.497. The summed E-state index contributed by atoms with van der Waals surface area (Å²) in [6.07, 6.45) is -0.119. The van der Waals surface area contributed by atoms with E-state index < -0.39 is 11.5 Å². The average molecular weight is 220 g/mol. The van der Waals surface area contributed by atoms with Gasteiger partial charge in [0, 0.05) is 11.8 Å². The minimum Gasteiger partial charge on any atom is -0.391 e. The summed E-state index contributed by atoms with van der Waals surface area (Å²) in [5, 5.41) is 10.0. The molecule has 1 unspecified atom stereocenters. The number of hydrogen-bond acceptors (Lipinski definition) is 1. The second kappa shape index (κ2) is 5.14. The molecule has 86 valence electrons. The van der Waals surface area contributed by atoms with Gasteiger partial charge in [-0.25, -0.2) is 4.39 Å². The molecule has 0 radical (unpaired) electrons. The fraction of sp³-hybridized carbons (Fsp3) is 0.429. The Morgan fingerprint density at radius 2 is 1.88 bits per heavy atom. The summed E-state index contributed by atoms with van der Waals surface area (Å²) >= 11 is 0. The van der Waals surface area contributed by atoms with Crippen molar-refractivity contribution in [1.29, 1.82) is 0 Å². The molecule has 0 aliphatic heterocycles. The summed E-state index contributed by atoms with van der Waals surface area (Å²) in [5.74, 6) is 5.36. The van der Waals surface area contributed by atoms with Crippen LogP contribution in [0.5, 0.6) is 0 Å². The molecule has 0 aromatic heterocycles. The molecule has 1 N–H and O–H groups in total. The van der Waals surface area contributed by atoms with Crippen molar-refractivity contribution in [2.75, 3.05) is 0 Å². The molecule has 1 rings (SSSR count). The van der Waals surface area contributed by atoms with Gasteiger partial charge in [-0.05, 0) is 24.6 Å².